The van der Waals surface area contributed by atoms with Crippen LogP contribution in [-0.4, -0.2) is 165 Å². The Morgan fingerprint density at radius 3 is 0.976 bits per heavy atom. The number of aromatic amines is 1. The first-order chi connectivity index (χ1) is 60.4. The number of H-pyrrole nitrogens is 1. The van der Waals surface area contributed by atoms with Crippen LogP contribution in [-0.2, 0) is 30.1 Å². The van der Waals surface area contributed by atoms with E-state index >= 15 is 0 Å². The molecule has 1 aliphatic heterocycles. The van der Waals surface area contributed by atoms with Gasteiger partial charge >= 0.3 is 11.2 Å². The van der Waals surface area contributed by atoms with Gasteiger partial charge in [0.2, 0.25) is 6.29 Å². The molecule has 32 nitrogen and oxygen atoms in total. The predicted octanol–water partition coefficient (Wildman–Crippen LogP) is 20.3. The topological polar surface area (TPSA) is 425 Å². The predicted molar refractivity (Wildman–Crippen MR) is 502 cm³/mol. The van der Waals surface area contributed by atoms with Crippen molar-refractivity contribution in [2.45, 2.75) is 20.8 Å². The summed E-state index contributed by atoms with van der Waals surface area (Å²) in [5, 5.41) is -0.852. The quantitative estimate of drug-likeness (QED) is 0.0356. The molecule has 0 aliphatic carbocycles. The average Bonchev–Trinajstić information content (AvgIpc) is 0.872. The summed E-state index contributed by atoms with van der Waals surface area (Å²) in [6.07, 6.45) is 12.3. The Kier molecular flexibility index (Phi) is 42.9. The molecule has 662 valence electrons. The normalized spacial score (nSPS) is 10.4. The molecule has 0 radical (unpaired) electrons. The molecule has 0 saturated heterocycles. The highest BCUT2D eigenvalue weighted by atomic mass is 36.0. The molecule has 1 aliphatic rings. The highest BCUT2D eigenvalue weighted by Crippen LogP contribution is 2.61. The molecular formula is C85H79Cl9N17O15P. The van der Waals surface area contributed by atoms with E-state index in [0.29, 0.717) is 54.2 Å². The number of Topliss-reactive ketones (excluding diaryl/α,β-unsaturated/α-hetero) is 1. The van der Waals surface area contributed by atoms with Gasteiger partial charge < -0.3 is 63.8 Å². The van der Waals surface area contributed by atoms with Crippen LogP contribution < -0.4 is 59.7 Å². The number of nitrogens with two attached hydrogens (primary N) is 2. The average molecular weight is 1930 g/mol. The summed E-state index contributed by atoms with van der Waals surface area (Å²) >= 11 is 48.0. The SMILES string of the molecule is C.CCOC(=O)C=O.COc1ccc(N)c(N)c1.COc1ccc2[nH]c(=O)cnc2c1.COc1ccc2c(c1)CC(=O)C=N2.COc1ccc2nc(Cl)cnc2c1.COc1ccc2nc(Cl)cnc2c1.COc1ccc2nc(Cl)cnc2c1.COc1ccc2ncc(Cl)nc2c1.COc1ccc2ncc(Cl)nc2c1.COc1ccc2ncc(Cl)nc2c1.O=P(Cl)(Cl)Cl. The number of methoxy groups -OCH3 is 9. The Morgan fingerprint density at radius 1 is 0.378 bits per heavy atom. The number of anilines is 2. The van der Waals surface area contributed by atoms with Crippen LogP contribution in [0.1, 0.15) is 19.9 Å². The maximum absolute atomic E-state index is 11.0. The lowest BCUT2D eigenvalue weighted by Crippen LogP contribution is -2.08. The summed E-state index contributed by atoms with van der Waals surface area (Å²) in [5.74, 6) is 6.03. The van der Waals surface area contributed by atoms with Crippen LogP contribution in [0.15, 0.2) is 217 Å². The Morgan fingerprint density at radius 2 is 0.654 bits per heavy atom. The van der Waals surface area contributed by atoms with Gasteiger partial charge in [0.25, 0.3) is 5.56 Å². The van der Waals surface area contributed by atoms with Crippen molar-refractivity contribution in [1.82, 2.24) is 69.8 Å². The number of nitrogens with one attached hydrogen (secondary N) is 1. The molecule has 7 aromatic heterocycles. The first kappa shape index (κ1) is 103. The van der Waals surface area contributed by atoms with E-state index in [0.717, 1.165) is 135 Å². The van der Waals surface area contributed by atoms with Crippen LogP contribution in [0.2, 0.25) is 30.9 Å². The van der Waals surface area contributed by atoms with Crippen LogP contribution in [0.4, 0.5) is 17.1 Å². The van der Waals surface area contributed by atoms with Crippen molar-refractivity contribution in [2.75, 3.05) is 82.1 Å². The fourth-order valence-electron chi connectivity index (χ4n) is 9.90. The number of ether oxygens (including phenoxy) is 10. The van der Waals surface area contributed by atoms with E-state index in [1.165, 1.54) is 49.6 Å². The van der Waals surface area contributed by atoms with Gasteiger partial charge in [-0.3, -0.25) is 53.8 Å². The number of nitrogens with zero attached hydrogens (tertiary/aromatic N) is 14. The third kappa shape index (κ3) is 35.3. The van der Waals surface area contributed by atoms with Gasteiger partial charge in [0.05, 0.1) is 214 Å². The maximum Gasteiger partial charge on any atom is 0.371 e. The lowest BCUT2D eigenvalue weighted by molar-refractivity contribution is -0.148. The minimum atomic E-state index is -3.22. The number of carbonyl (C=O) groups excluding carboxylic acids is 3. The summed E-state index contributed by atoms with van der Waals surface area (Å²) in [6, 6.07) is 48.9. The van der Waals surface area contributed by atoms with Crippen molar-refractivity contribution in [3.63, 3.8) is 0 Å². The Balaban J connectivity index is 0.000000217. The fourth-order valence-corrected chi connectivity index (χ4v) is 10.7. The van der Waals surface area contributed by atoms with E-state index in [1.807, 2.05) is 109 Å². The van der Waals surface area contributed by atoms with E-state index in [4.69, 9.17) is 124 Å². The maximum atomic E-state index is 11.0. The number of hydrogen-bond acceptors (Lipinski definition) is 31. The molecule has 0 atom stereocenters. The fraction of sp³-hybridized carbons (Fsp3) is 0.153. The van der Waals surface area contributed by atoms with Gasteiger partial charge in [0.1, 0.15) is 82.7 Å². The van der Waals surface area contributed by atoms with Gasteiger partial charge in [0.15, 0.2) is 5.78 Å². The van der Waals surface area contributed by atoms with Gasteiger partial charge in [-0.1, -0.05) is 77.0 Å². The molecule has 16 aromatic rings. The molecule has 0 amide bonds. The molecule has 0 fully saturated rings. The molecular weight excluding hydrogens is 1850 g/mol. The van der Waals surface area contributed by atoms with Crippen molar-refractivity contribution >= 4 is 227 Å². The van der Waals surface area contributed by atoms with E-state index in [9.17, 15) is 23.7 Å². The minimum absolute atomic E-state index is 0. The minimum Gasteiger partial charge on any atom is -0.497 e. The highest BCUT2D eigenvalue weighted by molar-refractivity contribution is 8.24. The first-order valence-electron chi connectivity index (χ1n) is 35.9. The number of ketones is 1. The molecule has 0 spiro atoms. The molecule has 8 heterocycles. The number of esters is 1. The van der Waals surface area contributed by atoms with Crippen LogP contribution >= 0.6 is 109 Å². The van der Waals surface area contributed by atoms with Gasteiger partial charge in [-0.2, -0.15) is 0 Å². The first-order valence-corrected chi connectivity index (χ1v) is 42.6. The van der Waals surface area contributed by atoms with Gasteiger partial charge in [-0.15, -0.1) is 0 Å². The van der Waals surface area contributed by atoms with Gasteiger partial charge in [-0.25, -0.2) is 39.7 Å². The van der Waals surface area contributed by atoms with Crippen molar-refractivity contribution in [2.24, 2.45) is 4.99 Å². The zero-order chi connectivity index (χ0) is 91.8. The van der Waals surface area contributed by atoms with Crippen molar-refractivity contribution in [1.29, 1.82) is 0 Å². The Labute approximate surface area is 771 Å². The van der Waals surface area contributed by atoms with Crippen LogP contribution in [0.25, 0.3) is 77.2 Å². The van der Waals surface area contributed by atoms with Crippen molar-refractivity contribution in [3.8, 4) is 51.7 Å². The van der Waals surface area contributed by atoms with Crippen molar-refractivity contribution < 1.29 is 66.3 Å². The number of rotatable bonds is 11. The van der Waals surface area contributed by atoms with Gasteiger partial charge in [0, 0.05) is 55.0 Å². The molecule has 17 rings (SSSR count). The van der Waals surface area contributed by atoms with Crippen molar-refractivity contribution in [3.05, 3.63) is 254 Å². The summed E-state index contributed by atoms with van der Waals surface area (Å²) in [4.78, 5) is 101. The largest absolute Gasteiger partial charge is 0.497 e. The monoisotopic (exact) mass is 1920 g/mol. The third-order valence-electron chi connectivity index (χ3n) is 15.8. The summed E-state index contributed by atoms with van der Waals surface area (Å²) < 4.78 is 59.0. The second kappa shape index (κ2) is 52.9. The molecule has 42 heteroatoms. The van der Waals surface area contributed by atoms with Crippen LogP contribution in [0.5, 0.6) is 51.7 Å². The number of halogens is 9. The number of fused-ring (bicyclic) bond motifs is 8. The standard InChI is InChI=1S/C10H9NO2.6C9H7ClN2O.C9H8N2O2.C7H10N2O.C4H6O3.CH4.Cl3OP/c1-13-9-2-3-10-7(5-9)4-8(12)6-11-10;3*1-13-6-2-3-7-8(4-6)11-5-9(10)12-7;3*1-13-6-2-3-7-8(4-6)12-9(10)5-11-7;1-13-6-2-3-7-8(4-6)10-5-9(12)11-7;1-10-5-2-3-6(8)7(9)4-5;1-2-7-4(6)3-5;;1-5(2,3)4/h2-3,5-6H,4H2,1H3;6*2-5H,1H3;2-5H,1H3,(H,11,12);2-4H,8-9H2,1H3;3H,2H2,1H3;1H4;. The van der Waals surface area contributed by atoms with E-state index in [1.54, 1.807) is 126 Å². The zero-order valence-electron chi connectivity index (χ0n) is 68.1. The molecule has 0 unspecified atom stereocenters. The Bertz CT molecular complexity index is 6110. The lowest BCUT2D eigenvalue weighted by Gasteiger charge is -2.09. The Hall–Kier alpha value is -12.7. The molecule has 0 bridgehead atoms. The van der Waals surface area contributed by atoms with Crippen LogP contribution in [0.3, 0.4) is 0 Å². The second-order valence-electron chi connectivity index (χ2n) is 24.1. The smallest absolute Gasteiger partial charge is 0.371 e. The number of aromatic nitrogens is 14. The lowest BCUT2D eigenvalue weighted by atomic mass is 10.0. The number of hydrogen-bond donors (Lipinski definition) is 3. The molecule has 0 saturated carbocycles. The number of aldehydes is 1. The second-order valence-corrected chi connectivity index (χ2v) is 33.0. The number of aliphatic imine (C=N–C) groups is 1. The summed E-state index contributed by atoms with van der Waals surface area (Å²) in [7, 11) is 14.5. The number of nitrogen functional groups attached to an aromatic ring is 2. The van der Waals surface area contributed by atoms with E-state index in [-0.39, 0.29) is 31.7 Å². The summed E-state index contributed by atoms with van der Waals surface area (Å²) in [5.41, 5.74) is 24.4. The number of benzene rings is 9. The molecule has 9 aromatic carbocycles. The number of carbonyl (C=O) groups is 3. The zero-order valence-corrected chi connectivity index (χ0v) is 75.8. The van der Waals surface area contributed by atoms with E-state index < -0.39 is 11.2 Å². The molecule has 127 heavy (non-hydrogen) atoms. The third-order valence-corrected chi connectivity index (χ3v) is 16.9. The van der Waals surface area contributed by atoms with E-state index in [2.05, 4.69) is 113 Å². The summed E-state index contributed by atoms with van der Waals surface area (Å²) in [6.45, 7) is 1.90. The highest BCUT2D eigenvalue weighted by Gasteiger charge is 2.13. The molecule has 5 N–H and O–H groups in total. The van der Waals surface area contributed by atoms with Gasteiger partial charge in [-0.05, 0) is 161 Å². The van der Waals surface area contributed by atoms with Crippen LogP contribution in [0, 0.1) is 0 Å².